The fraction of sp³-hybridized carbons (Fsp3) is 0.333. The maximum Gasteiger partial charge on any atom is 0.120 e. The van der Waals surface area contributed by atoms with Gasteiger partial charge in [-0.25, -0.2) is 0 Å². The summed E-state index contributed by atoms with van der Waals surface area (Å²) in [4.78, 5) is 16.7. The quantitative estimate of drug-likeness (QED) is 0.696. The van der Waals surface area contributed by atoms with Crippen LogP contribution in [0.1, 0.15) is 12.0 Å². The van der Waals surface area contributed by atoms with Crippen molar-refractivity contribution in [2.24, 2.45) is 4.99 Å². The molecule has 0 aromatic heterocycles. The van der Waals surface area contributed by atoms with Crippen LogP contribution in [0.2, 0.25) is 0 Å². The SMILES string of the molecule is O=CCCc1ccccc1N1C=NCC1. The molecule has 1 aromatic rings. The summed E-state index contributed by atoms with van der Waals surface area (Å²) in [7, 11) is 0. The molecule has 1 aliphatic rings. The number of carbonyl (C=O) groups excluding carboxylic acids is 1. The number of benzene rings is 1. The molecule has 3 nitrogen and oxygen atoms in total. The lowest BCUT2D eigenvalue weighted by Crippen LogP contribution is -2.19. The molecule has 78 valence electrons. The standard InChI is InChI=1S/C12H14N2O/c15-9-3-5-11-4-1-2-6-12(11)14-8-7-13-10-14/h1-2,4,6,9-10H,3,5,7-8H2. The van der Waals surface area contributed by atoms with Crippen molar-refractivity contribution in [2.45, 2.75) is 12.8 Å². The Morgan fingerprint density at radius 1 is 1.40 bits per heavy atom. The molecule has 0 radical (unpaired) electrons. The number of para-hydroxylation sites is 1. The van der Waals surface area contributed by atoms with Crippen LogP contribution in [0, 0.1) is 0 Å². The van der Waals surface area contributed by atoms with Gasteiger partial charge in [-0.1, -0.05) is 18.2 Å². The second kappa shape index (κ2) is 4.73. The third-order valence-corrected chi connectivity index (χ3v) is 2.52. The number of hydrogen-bond donors (Lipinski definition) is 0. The van der Waals surface area contributed by atoms with Gasteiger partial charge in [0.25, 0.3) is 0 Å². The van der Waals surface area contributed by atoms with Gasteiger partial charge in [0.1, 0.15) is 6.29 Å². The minimum atomic E-state index is 0.585. The van der Waals surface area contributed by atoms with E-state index >= 15 is 0 Å². The smallest absolute Gasteiger partial charge is 0.120 e. The van der Waals surface area contributed by atoms with Gasteiger partial charge in [-0.3, -0.25) is 4.99 Å². The Hall–Kier alpha value is -1.64. The normalized spacial score (nSPS) is 14.5. The Bertz CT molecular complexity index is 374. The molecule has 1 heterocycles. The average Bonchev–Trinajstić information content (AvgIpc) is 2.80. The van der Waals surface area contributed by atoms with E-state index in [1.54, 1.807) is 0 Å². The van der Waals surface area contributed by atoms with Crippen LogP contribution in [0.4, 0.5) is 5.69 Å². The largest absolute Gasteiger partial charge is 0.331 e. The average molecular weight is 202 g/mol. The predicted octanol–water partition coefficient (Wildman–Crippen LogP) is 1.67. The van der Waals surface area contributed by atoms with Crippen molar-refractivity contribution in [3.63, 3.8) is 0 Å². The Morgan fingerprint density at radius 3 is 3.00 bits per heavy atom. The zero-order valence-electron chi connectivity index (χ0n) is 8.60. The minimum absolute atomic E-state index is 0.585. The summed E-state index contributed by atoms with van der Waals surface area (Å²) >= 11 is 0. The van der Waals surface area contributed by atoms with Crippen LogP contribution >= 0.6 is 0 Å². The van der Waals surface area contributed by atoms with Crippen molar-refractivity contribution in [3.05, 3.63) is 29.8 Å². The Kier molecular flexibility index (Phi) is 3.12. The second-order valence-corrected chi connectivity index (χ2v) is 3.55. The summed E-state index contributed by atoms with van der Waals surface area (Å²) in [5.41, 5.74) is 2.40. The van der Waals surface area contributed by atoms with Gasteiger partial charge in [0.15, 0.2) is 0 Å². The lowest BCUT2D eigenvalue weighted by molar-refractivity contribution is -0.107. The topological polar surface area (TPSA) is 32.7 Å². The Labute approximate surface area is 89.4 Å². The highest BCUT2D eigenvalue weighted by atomic mass is 16.1. The highest BCUT2D eigenvalue weighted by Gasteiger charge is 2.11. The molecule has 0 amide bonds. The number of nitrogens with zero attached hydrogens (tertiary/aromatic N) is 2. The molecule has 0 N–H and O–H groups in total. The van der Waals surface area contributed by atoms with Crippen molar-refractivity contribution < 1.29 is 4.79 Å². The number of aliphatic imine (C=N–C) groups is 1. The first-order chi connectivity index (χ1) is 7.42. The van der Waals surface area contributed by atoms with E-state index < -0.39 is 0 Å². The molecular weight excluding hydrogens is 188 g/mol. The highest BCUT2D eigenvalue weighted by molar-refractivity contribution is 5.82. The molecule has 1 aromatic carbocycles. The van der Waals surface area contributed by atoms with Crippen molar-refractivity contribution in [3.8, 4) is 0 Å². The van der Waals surface area contributed by atoms with Gasteiger partial charge in [-0.2, -0.15) is 0 Å². The molecule has 0 fully saturated rings. The molecule has 0 atom stereocenters. The van der Waals surface area contributed by atoms with Crippen molar-refractivity contribution in [1.82, 2.24) is 0 Å². The third-order valence-electron chi connectivity index (χ3n) is 2.52. The molecule has 1 aliphatic heterocycles. The molecule has 3 heteroatoms. The van der Waals surface area contributed by atoms with Crippen LogP contribution in [0.25, 0.3) is 0 Å². The molecule has 0 saturated carbocycles. The number of rotatable bonds is 4. The summed E-state index contributed by atoms with van der Waals surface area (Å²) in [5, 5.41) is 0. The van der Waals surface area contributed by atoms with E-state index in [2.05, 4.69) is 22.0 Å². The Balaban J connectivity index is 2.20. The van der Waals surface area contributed by atoms with Gasteiger partial charge in [-0.15, -0.1) is 0 Å². The maximum absolute atomic E-state index is 10.4. The molecule has 2 rings (SSSR count). The zero-order chi connectivity index (χ0) is 10.5. The number of carbonyl (C=O) groups is 1. The van der Waals surface area contributed by atoms with E-state index in [0.29, 0.717) is 6.42 Å². The van der Waals surface area contributed by atoms with E-state index in [-0.39, 0.29) is 0 Å². The lowest BCUT2D eigenvalue weighted by atomic mass is 10.1. The van der Waals surface area contributed by atoms with Crippen molar-refractivity contribution in [2.75, 3.05) is 18.0 Å². The van der Waals surface area contributed by atoms with E-state index in [9.17, 15) is 4.79 Å². The predicted molar refractivity (Wildman–Crippen MR) is 61.5 cm³/mol. The fourth-order valence-electron chi connectivity index (χ4n) is 1.78. The summed E-state index contributed by atoms with van der Waals surface area (Å²) in [6.45, 7) is 1.81. The second-order valence-electron chi connectivity index (χ2n) is 3.55. The first-order valence-electron chi connectivity index (χ1n) is 5.20. The van der Waals surface area contributed by atoms with Gasteiger partial charge in [0, 0.05) is 18.7 Å². The van der Waals surface area contributed by atoms with Crippen LogP contribution in [0.5, 0.6) is 0 Å². The van der Waals surface area contributed by atoms with E-state index in [1.165, 1.54) is 11.3 Å². The van der Waals surface area contributed by atoms with Crippen molar-refractivity contribution >= 4 is 18.3 Å². The minimum Gasteiger partial charge on any atom is -0.331 e. The number of aldehydes is 1. The van der Waals surface area contributed by atoms with E-state index in [0.717, 1.165) is 25.8 Å². The van der Waals surface area contributed by atoms with Gasteiger partial charge >= 0.3 is 0 Å². The number of hydrogen-bond acceptors (Lipinski definition) is 3. The van der Waals surface area contributed by atoms with E-state index in [1.807, 2.05) is 18.5 Å². The fourth-order valence-corrected chi connectivity index (χ4v) is 1.78. The molecule has 0 unspecified atom stereocenters. The van der Waals surface area contributed by atoms with Crippen LogP contribution in [-0.2, 0) is 11.2 Å². The van der Waals surface area contributed by atoms with E-state index in [4.69, 9.17) is 0 Å². The van der Waals surface area contributed by atoms with Crippen LogP contribution in [0.3, 0.4) is 0 Å². The summed E-state index contributed by atoms with van der Waals surface area (Å²) in [6, 6.07) is 8.19. The first kappa shape index (κ1) is 9.90. The maximum atomic E-state index is 10.4. The van der Waals surface area contributed by atoms with Gasteiger partial charge in [0.05, 0.1) is 12.9 Å². The van der Waals surface area contributed by atoms with Gasteiger partial charge in [0.2, 0.25) is 0 Å². The zero-order valence-corrected chi connectivity index (χ0v) is 8.60. The molecule has 0 bridgehead atoms. The summed E-state index contributed by atoms with van der Waals surface area (Å²) < 4.78 is 0. The molecule has 0 saturated heterocycles. The van der Waals surface area contributed by atoms with Crippen LogP contribution < -0.4 is 4.90 Å². The molecule has 0 aliphatic carbocycles. The highest BCUT2D eigenvalue weighted by Crippen LogP contribution is 2.21. The molecular formula is C12H14N2O. The lowest BCUT2D eigenvalue weighted by Gasteiger charge is -2.17. The van der Waals surface area contributed by atoms with Crippen LogP contribution in [0.15, 0.2) is 29.3 Å². The Morgan fingerprint density at radius 2 is 2.27 bits per heavy atom. The monoisotopic (exact) mass is 202 g/mol. The molecule has 0 spiro atoms. The summed E-state index contributed by atoms with van der Waals surface area (Å²) in [5.74, 6) is 0. The third kappa shape index (κ3) is 2.24. The van der Waals surface area contributed by atoms with Crippen LogP contribution in [-0.4, -0.2) is 25.7 Å². The molecule has 15 heavy (non-hydrogen) atoms. The number of aryl methyl sites for hydroxylation is 1. The first-order valence-corrected chi connectivity index (χ1v) is 5.20. The van der Waals surface area contributed by atoms with Crippen molar-refractivity contribution in [1.29, 1.82) is 0 Å². The summed E-state index contributed by atoms with van der Waals surface area (Å²) in [6.07, 6.45) is 4.24. The van der Waals surface area contributed by atoms with Gasteiger partial charge in [-0.05, 0) is 18.1 Å². The number of anilines is 1. The van der Waals surface area contributed by atoms with Gasteiger partial charge < -0.3 is 9.69 Å².